The lowest BCUT2D eigenvalue weighted by molar-refractivity contribution is -0.116. The molecule has 7 heteroatoms. The molecule has 0 atom stereocenters. The van der Waals surface area contributed by atoms with E-state index in [1.54, 1.807) is 42.6 Å². The summed E-state index contributed by atoms with van der Waals surface area (Å²) in [7, 11) is 0. The van der Waals surface area contributed by atoms with Gasteiger partial charge in [-0.3, -0.25) is 4.79 Å². The number of hydrogen-bond donors (Lipinski definition) is 1. The third-order valence-electron chi connectivity index (χ3n) is 4.09. The van der Waals surface area contributed by atoms with Crippen LogP contribution in [0.25, 0.3) is 11.3 Å². The van der Waals surface area contributed by atoms with Gasteiger partial charge in [0.15, 0.2) is 11.7 Å². The maximum Gasteiger partial charge on any atom is 0.338 e. The molecule has 0 unspecified atom stereocenters. The average molecular weight is 396 g/mol. The maximum absolute atomic E-state index is 13.0. The minimum atomic E-state index is -0.384. The molecule has 0 spiro atoms. The molecule has 6 nitrogen and oxygen atoms in total. The van der Waals surface area contributed by atoms with Gasteiger partial charge in [-0.15, -0.1) is 0 Å². The molecule has 1 heterocycles. The Labute approximate surface area is 167 Å². The second kappa shape index (κ2) is 9.64. The second-order valence-corrected chi connectivity index (χ2v) is 6.39. The number of nitrogens with zero attached hydrogens (tertiary/aromatic N) is 1. The summed E-state index contributed by atoms with van der Waals surface area (Å²) in [5, 5.41) is 2.76. The molecule has 0 aliphatic rings. The number of nitrogens with one attached hydrogen (secondary N) is 1. The molecule has 0 saturated heterocycles. The number of halogens is 1. The van der Waals surface area contributed by atoms with Crippen molar-refractivity contribution in [2.45, 2.75) is 26.2 Å². The molecular weight excluding hydrogens is 375 g/mol. The number of esters is 1. The van der Waals surface area contributed by atoms with Crippen LogP contribution in [0, 0.1) is 5.82 Å². The molecule has 0 saturated carbocycles. The lowest BCUT2D eigenvalue weighted by Gasteiger charge is -2.06. The van der Waals surface area contributed by atoms with Crippen LogP contribution in [0.1, 0.15) is 36.0 Å². The second-order valence-electron chi connectivity index (χ2n) is 6.39. The van der Waals surface area contributed by atoms with E-state index in [0.717, 1.165) is 6.42 Å². The van der Waals surface area contributed by atoms with Crippen molar-refractivity contribution in [1.82, 2.24) is 4.98 Å². The zero-order chi connectivity index (χ0) is 20.6. The molecular formula is C22H21FN2O4. The number of amides is 1. The Morgan fingerprint density at radius 3 is 2.52 bits per heavy atom. The van der Waals surface area contributed by atoms with Crippen LogP contribution in [0.15, 0.2) is 59.1 Å². The zero-order valence-electron chi connectivity index (χ0n) is 16.0. The molecule has 3 rings (SSSR count). The van der Waals surface area contributed by atoms with Gasteiger partial charge in [0, 0.05) is 24.1 Å². The van der Waals surface area contributed by atoms with Crippen molar-refractivity contribution in [3.63, 3.8) is 0 Å². The van der Waals surface area contributed by atoms with Gasteiger partial charge in [-0.25, -0.2) is 14.2 Å². The van der Waals surface area contributed by atoms with Gasteiger partial charge in [-0.2, -0.15) is 0 Å². The SMILES string of the molecule is CCCOC(=O)c1ccc(NC(=O)CCc2ncc(-c3ccc(F)cc3)o2)cc1. The topological polar surface area (TPSA) is 81.4 Å². The van der Waals surface area contributed by atoms with E-state index < -0.39 is 0 Å². The Kier molecular flexibility index (Phi) is 6.73. The Hall–Kier alpha value is -3.48. The van der Waals surface area contributed by atoms with Crippen molar-refractivity contribution in [3.8, 4) is 11.3 Å². The van der Waals surface area contributed by atoms with Crippen molar-refractivity contribution in [1.29, 1.82) is 0 Å². The van der Waals surface area contributed by atoms with Crippen LogP contribution in [0.4, 0.5) is 10.1 Å². The molecule has 0 aliphatic carbocycles. The first-order valence-corrected chi connectivity index (χ1v) is 9.33. The Balaban J connectivity index is 1.50. The van der Waals surface area contributed by atoms with Crippen LogP contribution < -0.4 is 5.32 Å². The smallest absolute Gasteiger partial charge is 0.338 e. The molecule has 1 amide bonds. The van der Waals surface area contributed by atoms with Gasteiger partial charge >= 0.3 is 5.97 Å². The predicted octanol–water partition coefficient (Wildman–Crippen LogP) is 4.62. The van der Waals surface area contributed by atoms with Crippen molar-refractivity contribution >= 4 is 17.6 Å². The molecule has 2 aromatic carbocycles. The summed E-state index contributed by atoms with van der Waals surface area (Å²) in [5.41, 5.74) is 1.73. The molecule has 3 aromatic rings. The van der Waals surface area contributed by atoms with Crippen LogP contribution in [0.2, 0.25) is 0 Å². The third-order valence-corrected chi connectivity index (χ3v) is 4.09. The first-order chi connectivity index (χ1) is 14.0. The molecule has 1 N–H and O–H groups in total. The van der Waals surface area contributed by atoms with E-state index in [4.69, 9.17) is 9.15 Å². The first kappa shape index (κ1) is 20.3. The lowest BCUT2D eigenvalue weighted by atomic mass is 10.2. The number of anilines is 1. The summed E-state index contributed by atoms with van der Waals surface area (Å²) in [5.74, 6) is 0.0360. The molecule has 0 fully saturated rings. The summed E-state index contributed by atoms with van der Waals surface area (Å²) < 4.78 is 23.7. The normalized spacial score (nSPS) is 10.6. The fourth-order valence-electron chi connectivity index (χ4n) is 2.59. The van der Waals surface area contributed by atoms with Gasteiger partial charge in [0.1, 0.15) is 5.82 Å². The van der Waals surface area contributed by atoms with Crippen LogP contribution in [-0.4, -0.2) is 23.5 Å². The van der Waals surface area contributed by atoms with E-state index in [1.807, 2.05) is 6.92 Å². The number of hydrogen-bond acceptors (Lipinski definition) is 5. The fourth-order valence-corrected chi connectivity index (χ4v) is 2.59. The van der Waals surface area contributed by atoms with Crippen molar-refractivity contribution in [3.05, 3.63) is 72.0 Å². The van der Waals surface area contributed by atoms with Gasteiger partial charge in [-0.1, -0.05) is 6.92 Å². The van der Waals surface area contributed by atoms with E-state index in [0.29, 0.717) is 41.5 Å². The number of carbonyl (C=O) groups excluding carboxylic acids is 2. The molecule has 29 heavy (non-hydrogen) atoms. The Morgan fingerprint density at radius 1 is 1.10 bits per heavy atom. The van der Waals surface area contributed by atoms with Crippen molar-refractivity contribution in [2.24, 2.45) is 0 Å². The molecule has 1 aromatic heterocycles. The number of rotatable bonds is 8. The van der Waals surface area contributed by atoms with E-state index in [-0.39, 0.29) is 24.1 Å². The van der Waals surface area contributed by atoms with Crippen molar-refractivity contribution < 1.29 is 23.1 Å². The monoisotopic (exact) mass is 396 g/mol. The number of aryl methyl sites for hydroxylation is 1. The third kappa shape index (κ3) is 5.75. The predicted molar refractivity (Wildman–Crippen MR) is 106 cm³/mol. The number of oxazole rings is 1. The van der Waals surface area contributed by atoms with Gasteiger partial charge in [0.2, 0.25) is 5.91 Å². The summed E-state index contributed by atoms with van der Waals surface area (Å²) in [4.78, 5) is 28.1. The average Bonchev–Trinajstić information content (AvgIpc) is 3.20. The summed E-state index contributed by atoms with van der Waals surface area (Å²) in [6.07, 6.45) is 2.82. The van der Waals surface area contributed by atoms with Crippen LogP contribution >= 0.6 is 0 Å². The van der Waals surface area contributed by atoms with Crippen LogP contribution in [-0.2, 0) is 16.0 Å². The highest BCUT2D eigenvalue weighted by atomic mass is 19.1. The number of ether oxygens (including phenoxy) is 1. The summed E-state index contributed by atoms with van der Waals surface area (Å²) in [6, 6.07) is 12.4. The highest BCUT2D eigenvalue weighted by molar-refractivity contribution is 5.93. The van der Waals surface area contributed by atoms with Crippen molar-refractivity contribution in [2.75, 3.05) is 11.9 Å². The molecule has 0 radical (unpaired) electrons. The molecule has 0 aliphatic heterocycles. The highest BCUT2D eigenvalue weighted by Gasteiger charge is 2.11. The van der Waals surface area contributed by atoms with E-state index in [1.165, 1.54) is 12.1 Å². The van der Waals surface area contributed by atoms with E-state index in [2.05, 4.69) is 10.3 Å². The lowest BCUT2D eigenvalue weighted by Crippen LogP contribution is -2.12. The van der Waals surface area contributed by atoms with Gasteiger partial charge < -0.3 is 14.5 Å². The first-order valence-electron chi connectivity index (χ1n) is 9.33. The Bertz CT molecular complexity index is 965. The minimum Gasteiger partial charge on any atom is -0.462 e. The van der Waals surface area contributed by atoms with Crippen LogP contribution in [0.5, 0.6) is 0 Å². The van der Waals surface area contributed by atoms with Crippen LogP contribution in [0.3, 0.4) is 0 Å². The highest BCUT2D eigenvalue weighted by Crippen LogP contribution is 2.21. The van der Waals surface area contributed by atoms with Gasteiger partial charge in [-0.05, 0) is 55.0 Å². The number of aromatic nitrogens is 1. The maximum atomic E-state index is 13.0. The fraction of sp³-hybridized carbons (Fsp3) is 0.227. The minimum absolute atomic E-state index is 0.184. The standard InChI is InChI=1S/C22H21FN2O4/c1-2-13-28-22(27)16-5-9-18(10-6-16)25-20(26)11-12-21-24-14-19(29-21)15-3-7-17(23)8-4-15/h3-10,14H,2,11-13H2,1H3,(H,25,26). The van der Waals surface area contributed by atoms with E-state index >= 15 is 0 Å². The van der Waals surface area contributed by atoms with Gasteiger partial charge in [0.25, 0.3) is 0 Å². The zero-order valence-corrected chi connectivity index (χ0v) is 16.0. The number of carbonyl (C=O) groups is 2. The summed E-state index contributed by atoms with van der Waals surface area (Å²) >= 11 is 0. The van der Waals surface area contributed by atoms with E-state index in [9.17, 15) is 14.0 Å². The number of benzene rings is 2. The Morgan fingerprint density at radius 2 is 1.83 bits per heavy atom. The van der Waals surface area contributed by atoms with Gasteiger partial charge in [0.05, 0.1) is 18.4 Å². The molecule has 150 valence electrons. The largest absolute Gasteiger partial charge is 0.462 e. The summed E-state index contributed by atoms with van der Waals surface area (Å²) in [6.45, 7) is 2.30. The molecule has 0 bridgehead atoms. The quantitative estimate of drug-likeness (QED) is 0.562.